The van der Waals surface area contributed by atoms with Crippen molar-refractivity contribution >= 4 is 34.7 Å². The van der Waals surface area contributed by atoms with E-state index in [0.717, 1.165) is 22.3 Å². The van der Waals surface area contributed by atoms with Gasteiger partial charge in [0.05, 0.1) is 22.0 Å². The maximum absolute atomic E-state index is 13.5. The van der Waals surface area contributed by atoms with Crippen LogP contribution in [0.4, 0.5) is 9.59 Å². The Morgan fingerprint density at radius 1 is 1.02 bits per heavy atom. The normalized spacial score (nSPS) is 12.9. The molecule has 0 saturated carbocycles. The predicted molar refractivity (Wildman–Crippen MR) is 153 cm³/mol. The minimum Gasteiger partial charge on any atom is -0.465 e. The summed E-state index contributed by atoms with van der Waals surface area (Å²) in [6.07, 6.45) is -0.681. The number of alkyl carbamates (subject to hydrolysis) is 1. The third-order valence-electron chi connectivity index (χ3n) is 7.11. The number of halogens is 1. The number of carboxylic acid groups (broad SMARTS) is 1. The minimum absolute atomic E-state index is 0.0769. The van der Waals surface area contributed by atoms with Crippen molar-refractivity contribution in [1.82, 2.24) is 20.2 Å². The Morgan fingerprint density at radius 3 is 2.38 bits per heavy atom. The van der Waals surface area contributed by atoms with Gasteiger partial charge in [-0.15, -0.1) is 0 Å². The first kappa shape index (κ1) is 27.2. The molecule has 0 spiro atoms. The van der Waals surface area contributed by atoms with Gasteiger partial charge in [0, 0.05) is 19.0 Å². The molecule has 1 unspecified atom stereocenters. The van der Waals surface area contributed by atoms with Gasteiger partial charge < -0.3 is 20.5 Å². The van der Waals surface area contributed by atoms with E-state index in [1.165, 1.54) is 4.57 Å². The van der Waals surface area contributed by atoms with Crippen molar-refractivity contribution in [3.8, 4) is 11.1 Å². The summed E-state index contributed by atoms with van der Waals surface area (Å²) < 4.78 is 7.18. The van der Waals surface area contributed by atoms with Gasteiger partial charge in [0.25, 0.3) is 5.56 Å². The van der Waals surface area contributed by atoms with E-state index in [1.54, 1.807) is 25.1 Å². The minimum atomic E-state index is -1.10. The van der Waals surface area contributed by atoms with Crippen LogP contribution in [0.5, 0.6) is 0 Å². The van der Waals surface area contributed by atoms with Crippen molar-refractivity contribution in [2.75, 3.05) is 13.2 Å². The summed E-state index contributed by atoms with van der Waals surface area (Å²) in [7, 11) is 0. The molecule has 0 saturated heterocycles. The lowest BCUT2D eigenvalue weighted by atomic mass is 9.98. The van der Waals surface area contributed by atoms with Gasteiger partial charge in [-0.2, -0.15) is 0 Å². The molecule has 0 fully saturated rings. The number of unbranched alkanes of at least 4 members (excludes halogenated alkanes) is 1. The van der Waals surface area contributed by atoms with Gasteiger partial charge in [-0.1, -0.05) is 66.2 Å². The van der Waals surface area contributed by atoms with Crippen molar-refractivity contribution in [2.24, 2.45) is 0 Å². The summed E-state index contributed by atoms with van der Waals surface area (Å²) in [6.45, 7) is 2.44. The fourth-order valence-electron chi connectivity index (χ4n) is 5.26. The molecule has 2 amide bonds. The van der Waals surface area contributed by atoms with Crippen LogP contribution in [0.1, 0.15) is 48.7 Å². The van der Waals surface area contributed by atoms with Crippen molar-refractivity contribution in [3.63, 3.8) is 0 Å². The zero-order valence-corrected chi connectivity index (χ0v) is 22.6. The zero-order valence-electron chi connectivity index (χ0n) is 21.9. The molecule has 206 valence electrons. The molecule has 5 rings (SSSR count). The number of ether oxygens (including phenoxy) is 1. The molecule has 4 aromatic rings. The number of aromatic nitrogens is 2. The first-order chi connectivity index (χ1) is 19.3. The average molecular weight is 561 g/mol. The summed E-state index contributed by atoms with van der Waals surface area (Å²) >= 11 is 6.33. The molecule has 1 aliphatic carbocycles. The number of carbonyl (C=O) groups is 2. The van der Waals surface area contributed by atoms with Crippen LogP contribution in [0.25, 0.3) is 22.0 Å². The maximum Gasteiger partial charge on any atom is 0.407 e. The third-order valence-corrected chi connectivity index (χ3v) is 7.43. The van der Waals surface area contributed by atoms with E-state index < -0.39 is 18.2 Å². The monoisotopic (exact) mass is 560 g/mol. The second kappa shape index (κ2) is 11.8. The highest BCUT2D eigenvalue weighted by molar-refractivity contribution is 6.35. The predicted octanol–water partition coefficient (Wildman–Crippen LogP) is 5.70. The van der Waals surface area contributed by atoms with Crippen LogP contribution >= 0.6 is 11.6 Å². The highest BCUT2D eigenvalue weighted by Gasteiger charge is 2.29. The molecule has 10 heteroatoms. The molecule has 1 aliphatic rings. The number of nitrogens with one attached hydrogen (secondary N) is 2. The van der Waals surface area contributed by atoms with Crippen molar-refractivity contribution in [1.29, 1.82) is 0 Å². The smallest absolute Gasteiger partial charge is 0.407 e. The van der Waals surface area contributed by atoms with Crippen LogP contribution in [-0.4, -0.2) is 40.0 Å². The van der Waals surface area contributed by atoms with Gasteiger partial charge in [0.2, 0.25) is 0 Å². The van der Waals surface area contributed by atoms with Gasteiger partial charge in [0.15, 0.2) is 0 Å². The SMILES string of the molecule is CC(NC(=O)OCC1c2ccccc2-c2ccccc21)c1nc2cccc(Cl)c2c(=O)n1CCCCNC(=O)O. The van der Waals surface area contributed by atoms with E-state index in [9.17, 15) is 14.4 Å². The summed E-state index contributed by atoms with van der Waals surface area (Å²) in [5, 5.41) is 14.5. The molecule has 0 bridgehead atoms. The standard InChI is InChI=1S/C30H29ClN4O5/c1-18(33-30(39)40-17-23-21-11-4-2-9-19(21)20-10-3-5-12-22(20)23)27-34-25-14-8-13-24(31)26(25)28(36)35(27)16-7-6-15-32-29(37)38/h2-5,8-14,18,23,32H,6-7,15-17H2,1H3,(H,33,39)(H,37,38). The van der Waals surface area contributed by atoms with Crippen LogP contribution in [0.2, 0.25) is 5.02 Å². The quantitative estimate of drug-likeness (QED) is 0.226. The average Bonchev–Trinajstić information content (AvgIpc) is 3.26. The van der Waals surface area contributed by atoms with E-state index in [0.29, 0.717) is 34.6 Å². The Balaban J connectivity index is 1.33. The van der Waals surface area contributed by atoms with Crippen molar-refractivity contribution in [3.05, 3.63) is 99.1 Å². The molecule has 0 radical (unpaired) electrons. The fourth-order valence-corrected chi connectivity index (χ4v) is 5.51. The lowest BCUT2D eigenvalue weighted by Crippen LogP contribution is -2.35. The molecule has 0 aliphatic heterocycles. The second-order valence-electron chi connectivity index (χ2n) is 9.69. The van der Waals surface area contributed by atoms with Crippen LogP contribution in [-0.2, 0) is 11.3 Å². The number of amides is 2. The van der Waals surface area contributed by atoms with E-state index in [4.69, 9.17) is 21.4 Å². The lowest BCUT2D eigenvalue weighted by Gasteiger charge is -2.20. The van der Waals surface area contributed by atoms with Gasteiger partial charge in [-0.3, -0.25) is 9.36 Å². The van der Waals surface area contributed by atoms with Gasteiger partial charge in [-0.25, -0.2) is 14.6 Å². The Bertz CT molecular complexity index is 1590. The summed E-state index contributed by atoms with van der Waals surface area (Å²) in [6, 6.07) is 20.6. The number of carbonyl (C=O) groups excluding carboxylic acids is 1. The number of benzene rings is 3. The van der Waals surface area contributed by atoms with Gasteiger partial charge >= 0.3 is 12.2 Å². The molecule has 1 heterocycles. The number of rotatable bonds is 9. The molecule has 9 nitrogen and oxygen atoms in total. The van der Waals surface area contributed by atoms with Gasteiger partial charge in [0.1, 0.15) is 12.4 Å². The number of nitrogens with zero attached hydrogens (tertiary/aromatic N) is 2. The van der Waals surface area contributed by atoms with Crippen LogP contribution in [0.15, 0.2) is 71.5 Å². The highest BCUT2D eigenvalue weighted by atomic mass is 35.5. The van der Waals surface area contributed by atoms with E-state index in [-0.39, 0.29) is 31.2 Å². The molecule has 40 heavy (non-hydrogen) atoms. The zero-order chi connectivity index (χ0) is 28.2. The number of hydrogen-bond donors (Lipinski definition) is 3. The summed E-state index contributed by atoms with van der Waals surface area (Å²) in [5.74, 6) is 0.284. The van der Waals surface area contributed by atoms with Crippen molar-refractivity contribution in [2.45, 2.75) is 38.3 Å². The molecule has 3 aromatic carbocycles. The molecule has 3 N–H and O–H groups in total. The van der Waals surface area contributed by atoms with Crippen LogP contribution in [0, 0.1) is 0 Å². The highest BCUT2D eigenvalue weighted by Crippen LogP contribution is 2.44. The van der Waals surface area contributed by atoms with E-state index >= 15 is 0 Å². The topological polar surface area (TPSA) is 123 Å². The Labute approximate surface area is 235 Å². The first-order valence-corrected chi connectivity index (χ1v) is 13.5. The third kappa shape index (κ3) is 5.51. The van der Waals surface area contributed by atoms with Crippen LogP contribution in [0.3, 0.4) is 0 Å². The second-order valence-corrected chi connectivity index (χ2v) is 10.1. The Hall–Kier alpha value is -4.37. The molecule has 1 atom stereocenters. The Kier molecular flexibility index (Phi) is 8.02. The van der Waals surface area contributed by atoms with E-state index in [2.05, 4.69) is 39.9 Å². The Morgan fingerprint density at radius 2 is 1.70 bits per heavy atom. The lowest BCUT2D eigenvalue weighted by molar-refractivity contribution is 0.139. The summed E-state index contributed by atoms with van der Waals surface area (Å²) in [4.78, 5) is 41.8. The number of fused-ring (bicyclic) bond motifs is 4. The van der Waals surface area contributed by atoms with Crippen LogP contribution < -0.4 is 16.2 Å². The maximum atomic E-state index is 13.5. The fraction of sp³-hybridized carbons (Fsp3) is 0.267. The molecular formula is C30H29ClN4O5. The summed E-state index contributed by atoms with van der Waals surface area (Å²) in [5.41, 5.74) is 4.62. The number of hydrogen-bond acceptors (Lipinski definition) is 5. The molecule has 1 aromatic heterocycles. The van der Waals surface area contributed by atoms with E-state index in [1.807, 2.05) is 24.3 Å². The molecular weight excluding hydrogens is 532 g/mol. The van der Waals surface area contributed by atoms with Crippen molar-refractivity contribution < 1.29 is 19.4 Å². The largest absolute Gasteiger partial charge is 0.465 e. The first-order valence-electron chi connectivity index (χ1n) is 13.1. The van der Waals surface area contributed by atoms with Gasteiger partial charge in [-0.05, 0) is 54.2 Å².